The van der Waals surface area contributed by atoms with Gasteiger partial charge in [0, 0.05) is 18.1 Å². The summed E-state index contributed by atoms with van der Waals surface area (Å²) in [6.07, 6.45) is 1.71. The number of nitrogens with one attached hydrogen (secondary N) is 1. The van der Waals surface area contributed by atoms with Gasteiger partial charge >= 0.3 is 0 Å². The number of hydrogen-bond donors (Lipinski definition) is 1. The van der Waals surface area contributed by atoms with E-state index in [1.54, 1.807) is 37.3 Å². The van der Waals surface area contributed by atoms with Crippen molar-refractivity contribution in [2.24, 2.45) is 0 Å². The topological polar surface area (TPSA) is 49.4 Å². The molecular weight excluding hydrogens is 379 g/mol. The predicted molar refractivity (Wildman–Crippen MR) is 109 cm³/mol. The molecule has 0 saturated carbocycles. The van der Waals surface area contributed by atoms with Crippen molar-refractivity contribution in [3.63, 3.8) is 0 Å². The van der Waals surface area contributed by atoms with Gasteiger partial charge in [-0.3, -0.25) is 9.59 Å². The molecule has 2 amide bonds. The van der Waals surface area contributed by atoms with Crippen LogP contribution >= 0.6 is 11.6 Å². The highest BCUT2D eigenvalue weighted by atomic mass is 35.5. The van der Waals surface area contributed by atoms with Crippen LogP contribution in [0.25, 0.3) is 0 Å². The summed E-state index contributed by atoms with van der Waals surface area (Å²) in [7, 11) is 0. The number of benzene rings is 2. The summed E-state index contributed by atoms with van der Waals surface area (Å²) in [5.41, 5.74) is 1.04. The van der Waals surface area contributed by atoms with E-state index in [9.17, 15) is 14.0 Å². The Morgan fingerprint density at radius 2 is 1.75 bits per heavy atom. The van der Waals surface area contributed by atoms with Gasteiger partial charge in [0.25, 0.3) is 0 Å². The average Bonchev–Trinajstić information content (AvgIpc) is 2.68. The zero-order valence-electron chi connectivity index (χ0n) is 16.3. The normalized spacial score (nSPS) is 11.7. The Bertz CT molecular complexity index is 813. The fraction of sp³-hybridized carbons (Fsp3) is 0.364. The molecular formula is C22H26ClFN2O2. The van der Waals surface area contributed by atoms with Crippen molar-refractivity contribution in [3.8, 4) is 0 Å². The predicted octanol–water partition coefficient (Wildman–Crippen LogP) is 4.36. The molecule has 0 radical (unpaired) electrons. The minimum absolute atomic E-state index is 0.121. The van der Waals surface area contributed by atoms with Crippen LogP contribution in [-0.4, -0.2) is 29.3 Å². The van der Waals surface area contributed by atoms with E-state index in [0.717, 1.165) is 18.4 Å². The highest BCUT2D eigenvalue weighted by Gasteiger charge is 2.27. The molecule has 0 aromatic heterocycles. The fourth-order valence-corrected chi connectivity index (χ4v) is 3.03. The van der Waals surface area contributed by atoms with Gasteiger partial charge in [0.15, 0.2) is 0 Å². The standard InChI is InChI=1S/C22H26ClFN2O2/c1-3-4-13-25-22(28)16(2)26(15-18-10-5-7-11-19(18)23)21(27)14-17-9-6-8-12-20(17)24/h5-12,16H,3-4,13-15H2,1-2H3,(H,25,28)/t16-/m0/s1. The number of halogens is 2. The van der Waals surface area contributed by atoms with Crippen LogP contribution in [0, 0.1) is 5.82 Å². The molecule has 0 bridgehead atoms. The summed E-state index contributed by atoms with van der Waals surface area (Å²) in [6, 6.07) is 12.6. The zero-order chi connectivity index (χ0) is 20.5. The Morgan fingerprint density at radius 3 is 2.39 bits per heavy atom. The Kier molecular flexibility index (Phi) is 8.45. The van der Waals surface area contributed by atoms with E-state index in [4.69, 9.17) is 11.6 Å². The first-order valence-corrected chi connectivity index (χ1v) is 9.85. The van der Waals surface area contributed by atoms with Crippen LogP contribution in [0.3, 0.4) is 0 Å². The molecule has 4 nitrogen and oxygen atoms in total. The molecule has 150 valence electrons. The van der Waals surface area contributed by atoms with Crippen LogP contribution in [0.5, 0.6) is 0 Å². The molecule has 6 heteroatoms. The molecule has 2 aromatic carbocycles. The summed E-state index contributed by atoms with van der Waals surface area (Å²) < 4.78 is 14.0. The van der Waals surface area contributed by atoms with Crippen LogP contribution in [0.4, 0.5) is 4.39 Å². The largest absolute Gasteiger partial charge is 0.354 e. The Balaban J connectivity index is 2.22. The van der Waals surface area contributed by atoms with E-state index in [2.05, 4.69) is 5.32 Å². The fourth-order valence-electron chi connectivity index (χ4n) is 2.84. The summed E-state index contributed by atoms with van der Waals surface area (Å²) in [4.78, 5) is 27.0. The van der Waals surface area contributed by atoms with Crippen LogP contribution in [0.2, 0.25) is 5.02 Å². The van der Waals surface area contributed by atoms with Crippen molar-refractivity contribution in [2.75, 3.05) is 6.54 Å². The van der Waals surface area contributed by atoms with Crippen molar-refractivity contribution < 1.29 is 14.0 Å². The van der Waals surface area contributed by atoms with Gasteiger partial charge in [0.1, 0.15) is 11.9 Å². The van der Waals surface area contributed by atoms with E-state index in [1.807, 2.05) is 19.1 Å². The van der Waals surface area contributed by atoms with Crippen LogP contribution in [0.15, 0.2) is 48.5 Å². The van der Waals surface area contributed by atoms with E-state index in [1.165, 1.54) is 11.0 Å². The maximum absolute atomic E-state index is 14.0. The third-order valence-corrected chi connectivity index (χ3v) is 4.96. The van der Waals surface area contributed by atoms with E-state index in [0.29, 0.717) is 17.1 Å². The molecule has 0 aliphatic heterocycles. The molecule has 0 saturated heterocycles. The van der Waals surface area contributed by atoms with Crippen molar-refractivity contribution >= 4 is 23.4 Å². The molecule has 0 aliphatic rings. The third-order valence-electron chi connectivity index (χ3n) is 4.59. The Labute approximate surface area is 170 Å². The molecule has 0 heterocycles. The molecule has 0 spiro atoms. The molecule has 0 fully saturated rings. The molecule has 0 aliphatic carbocycles. The molecule has 2 aromatic rings. The van der Waals surface area contributed by atoms with Gasteiger partial charge in [-0.05, 0) is 36.6 Å². The van der Waals surface area contributed by atoms with E-state index >= 15 is 0 Å². The highest BCUT2D eigenvalue weighted by molar-refractivity contribution is 6.31. The number of carbonyl (C=O) groups excluding carboxylic acids is 2. The third kappa shape index (κ3) is 6.06. The van der Waals surface area contributed by atoms with Gasteiger partial charge in [-0.15, -0.1) is 0 Å². The van der Waals surface area contributed by atoms with Gasteiger partial charge in [-0.2, -0.15) is 0 Å². The molecule has 28 heavy (non-hydrogen) atoms. The average molecular weight is 405 g/mol. The van der Waals surface area contributed by atoms with Crippen molar-refractivity contribution in [2.45, 2.75) is 45.7 Å². The smallest absolute Gasteiger partial charge is 0.242 e. The number of unbranched alkanes of at least 4 members (excludes halogenated alkanes) is 1. The second-order valence-corrected chi connectivity index (χ2v) is 7.11. The van der Waals surface area contributed by atoms with Crippen LogP contribution in [-0.2, 0) is 22.6 Å². The SMILES string of the molecule is CCCCNC(=O)[C@H](C)N(Cc1ccccc1Cl)C(=O)Cc1ccccc1F. The van der Waals surface area contributed by atoms with Gasteiger partial charge in [-0.1, -0.05) is 61.3 Å². The van der Waals surface area contributed by atoms with Crippen molar-refractivity contribution in [1.82, 2.24) is 10.2 Å². The summed E-state index contributed by atoms with van der Waals surface area (Å²) in [5, 5.41) is 3.37. The summed E-state index contributed by atoms with van der Waals surface area (Å²) >= 11 is 6.25. The lowest BCUT2D eigenvalue weighted by atomic mass is 10.1. The van der Waals surface area contributed by atoms with E-state index < -0.39 is 11.9 Å². The first kappa shape index (κ1) is 21.9. The summed E-state index contributed by atoms with van der Waals surface area (Å²) in [6.45, 7) is 4.45. The molecule has 1 atom stereocenters. The van der Waals surface area contributed by atoms with Gasteiger partial charge in [-0.25, -0.2) is 4.39 Å². The van der Waals surface area contributed by atoms with Crippen LogP contribution in [0.1, 0.15) is 37.8 Å². The highest BCUT2D eigenvalue weighted by Crippen LogP contribution is 2.20. The Morgan fingerprint density at radius 1 is 1.11 bits per heavy atom. The number of carbonyl (C=O) groups is 2. The Hall–Kier alpha value is -2.40. The van der Waals surface area contributed by atoms with Gasteiger partial charge in [0.2, 0.25) is 11.8 Å². The first-order valence-electron chi connectivity index (χ1n) is 9.48. The van der Waals surface area contributed by atoms with Crippen molar-refractivity contribution in [1.29, 1.82) is 0 Å². The molecule has 2 rings (SSSR count). The number of rotatable bonds is 9. The zero-order valence-corrected chi connectivity index (χ0v) is 17.0. The van der Waals surface area contributed by atoms with Gasteiger partial charge < -0.3 is 10.2 Å². The van der Waals surface area contributed by atoms with E-state index in [-0.39, 0.29) is 24.8 Å². The lowest BCUT2D eigenvalue weighted by Crippen LogP contribution is -2.48. The second kappa shape index (κ2) is 10.8. The quantitative estimate of drug-likeness (QED) is 0.631. The first-order chi connectivity index (χ1) is 13.4. The molecule has 0 unspecified atom stereocenters. The van der Waals surface area contributed by atoms with Crippen molar-refractivity contribution in [3.05, 3.63) is 70.5 Å². The maximum Gasteiger partial charge on any atom is 0.242 e. The minimum Gasteiger partial charge on any atom is -0.354 e. The number of amides is 2. The minimum atomic E-state index is -0.701. The lowest BCUT2D eigenvalue weighted by Gasteiger charge is -2.29. The number of hydrogen-bond acceptors (Lipinski definition) is 2. The molecule has 1 N–H and O–H groups in total. The number of nitrogens with zero attached hydrogens (tertiary/aromatic N) is 1. The monoisotopic (exact) mass is 404 g/mol. The van der Waals surface area contributed by atoms with Crippen LogP contribution < -0.4 is 5.32 Å². The van der Waals surface area contributed by atoms with Gasteiger partial charge in [0.05, 0.1) is 6.42 Å². The lowest BCUT2D eigenvalue weighted by molar-refractivity contribution is -0.140. The second-order valence-electron chi connectivity index (χ2n) is 6.70. The summed E-state index contributed by atoms with van der Waals surface area (Å²) in [5.74, 6) is -1.00. The maximum atomic E-state index is 14.0.